The normalized spacial score (nSPS) is 10.2. The summed E-state index contributed by atoms with van der Waals surface area (Å²) in [6.45, 7) is 9.22. The summed E-state index contributed by atoms with van der Waals surface area (Å²) in [7, 11) is 3.20. The van der Waals surface area contributed by atoms with Gasteiger partial charge in [-0.15, -0.1) is 0 Å². The van der Waals surface area contributed by atoms with Gasteiger partial charge in [0.05, 0.1) is 66.1 Å². The van der Waals surface area contributed by atoms with E-state index < -0.39 is 0 Å². The molecule has 0 aromatic heterocycles. The molecule has 0 aliphatic heterocycles. The molecule has 0 unspecified atom stereocenters. The van der Waals surface area contributed by atoms with E-state index in [1.807, 2.05) is 13.8 Å². The number of methoxy groups -OCH3 is 1. The highest BCUT2D eigenvalue weighted by Gasteiger charge is 1.97. The Kier molecular flexibility index (Phi) is 26.0. The monoisotopic (exact) mass is 353 g/mol. The van der Waals surface area contributed by atoms with E-state index in [9.17, 15) is 4.79 Å². The molecule has 8 nitrogen and oxygen atoms in total. The van der Waals surface area contributed by atoms with Gasteiger partial charge in [0, 0.05) is 14.2 Å². The van der Waals surface area contributed by atoms with Crippen molar-refractivity contribution < 1.29 is 33.2 Å². The number of ether oxygens (including phenoxy) is 6. The van der Waals surface area contributed by atoms with E-state index in [2.05, 4.69) is 5.32 Å². The average molecular weight is 353 g/mol. The van der Waals surface area contributed by atoms with Gasteiger partial charge in [-0.25, -0.2) is 0 Å². The van der Waals surface area contributed by atoms with E-state index >= 15 is 0 Å². The fraction of sp³-hybridized carbons (Fsp3) is 0.938. The molecule has 0 aromatic rings. The quantitative estimate of drug-likeness (QED) is 0.381. The highest BCUT2D eigenvalue weighted by atomic mass is 16.6. The van der Waals surface area contributed by atoms with Crippen molar-refractivity contribution >= 4 is 5.91 Å². The second-order valence-corrected chi connectivity index (χ2v) is 4.17. The molecule has 146 valence electrons. The number of rotatable bonds is 17. The van der Waals surface area contributed by atoms with Crippen LogP contribution in [0.4, 0.5) is 0 Å². The van der Waals surface area contributed by atoms with Gasteiger partial charge in [0.1, 0.15) is 6.61 Å². The maximum absolute atomic E-state index is 10.8. The molecule has 1 N–H and O–H groups in total. The van der Waals surface area contributed by atoms with Gasteiger partial charge in [0.25, 0.3) is 0 Å². The summed E-state index contributed by atoms with van der Waals surface area (Å²) in [5.41, 5.74) is 0. The van der Waals surface area contributed by atoms with Gasteiger partial charge < -0.3 is 33.7 Å². The largest absolute Gasteiger partial charge is 0.382 e. The topological polar surface area (TPSA) is 84.5 Å². The Morgan fingerprint density at radius 3 is 1.33 bits per heavy atom. The van der Waals surface area contributed by atoms with Gasteiger partial charge in [0.15, 0.2) is 0 Å². The third kappa shape index (κ3) is 23.5. The standard InChI is InChI=1S/C14H29NO7.C2H6/c1-15-14(16)13-22-12-11-21-10-9-20-8-7-19-6-5-18-4-3-17-2;1-2/h3-13H2,1-2H3,(H,15,16);1-2H3. The summed E-state index contributed by atoms with van der Waals surface area (Å²) in [4.78, 5) is 10.8. The predicted molar refractivity (Wildman–Crippen MR) is 91.4 cm³/mol. The molecule has 24 heavy (non-hydrogen) atoms. The molecule has 1 amide bonds. The predicted octanol–water partition coefficient (Wildman–Crippen LogP) is 0.488. The van der Waals surface area contributed by atoms with Crippen molar-refractivity contribution in [3.63, 3.8) is 0 Å². The lowest BCUT2D eigenvalue weighted by Gasteiger charge is -2.07. The first kappa shape index (κ1) is 25.5. The second-order valence-electron chi connectivity index (χ2n) is 4.17. The molecule has 0 heterocycles. The Labute approximate surface area is 146 Å². The van der Waals surface area contributed by atoms with Crippen LogP contribution < -0.4 is 5.32 Å². The average Bonchev–Trinajstić information content (AvgIpc) is 2.62. The van der Waals surface area contributed by atoms with Crippen LogP contribution in [0, 0.1) is 0 Å². The van der Waals surface area contributed by atoms with E-state index in [1.165, 1.54) is 0 Å². The van der Waals surface area contributed by atoms with Gasteiger partial charge in [-0.05, 0) is 0 Å². The van der Waals surface area contributed by atoms with Gasteiger partial charge >= 0.3 is 0 Å². The summed E-state index contributed by atoms with van der Waals surface area (Å²) in [6, 6.07) is 0. The summed E-state index contributed by atoms with van der Waals surface area (Å²) >= 11 is 0. The molecular formula is C16H35NO7. The van der Waals surface area contributed by atoms with Crippen molar-refractivity contribution in [1.82, 2.24) is 5.32 Å². The number of hydrogen-bond acceptors (Lipinski definition) is 7. The highest BCUT2D eigenvalue weighted by molar-refractivity contribution is 5.76. The van der Waals surface area contributed by atoms with Gasteiger partial charge in [0.2, 0.25) is 5.91 Å². The van der Waals surface area contributed by atoms with Gasteiger partial charge in [-0.2, -0.15) is 0 Å². The highest BCUT2D eigenvalue weighted by Crippen LogP contribution is 1.84. The van der Waals surface area contributed by atoms with Crippen molar-refractivity contribution in [3.05, 3.63) is 0 Å². The molecule has 0 bridgehead atoms. The van der Waals surface area contributed by atoms with Crippen LogP contribution in [0.25, 0.3) is 0 Å². The Morgan fingerprint density at radius 2 is 1.00 bits per heavy atom. The molecule has 8 heteroatoms. The van der Waals surface area contributed by atoms with E-state index in [1.54, 1.807) is 14.2 Å². The van der Waals surface area contributed by atoms with E-state index in [0.717, 1.165) is 0 Å². The third-order valence-electron chi connectivity index (χ3n) is 2.43. The smallest absolute Gasteiger partial charge is 0.245 e. The molecule has 0 rings (SSSR count). The zero-order chi connectivity index (χ0) is 18.3. The minimum Gasteiger partial charge on any atom is -0.382 e. The Morgan fingerprint density at radius 1 is 0.667 bits per heavy atom. The van der Waals surface area contributed by atoms with Gasteiger partial charge in [-0.3, -0.25) is 4.79 Å². The van der Waals surface area contributed by atoms with E-state index in [-0.39, 0.29) is 12.5 Å². The molecule has 0 radical (unpaired) electrons. The summed E-state index contributed by atoms with van der Waals surface area (Å²) in [5, 5.41) is 2.47. The fourth-order valence-corrected chi connectivity index (χ4v) is 1.26. The number of carbonyl (C=O) groups excluding carboxylic acids is 1. The molecule has 0 aliphatic rings. The van der Waals surface area contributed by atoms with Crippen LogP contribution in [0.3, 0.4) is 0 Å². The number of hydrogen-bond donors (Lipinski definition) is 1. The van der Waals surface area contributed by atoms with Crippen molar-refractivity contribution in [2.45, 2.75) is 13.8 Å². The summed E-state index contributed by atoms with van der Waals surface area (Å²) in [5.74, 6) is -0.146. The molecule has 0 saturated carbocycles. The fourth-order valence-electron chi connectivity index (χ4n) is 1.26. The lowest BCUT2D eigenvalue weighted by Crippen LogP contribution is -2.24. The molecule has 0 spiro atoms. The lowest BCUT2D eigenvalue weighted by atomic mass is 10.6. The first-order valence-electron chi connectivity index (χ1n) is 8.39. The first-order valence-corrected chi connectivity index (χ1v) is 8.39. The van der Waals surface area contributed by atoms with Crippen LogP contribution in [0.15, 0.2) is 0 Å². The zero-order valence-electron chi connectivity index (χ0n) is 15.6. The van der Waals surface area contributed by atoms with Crippen LogP contribution >= 0.6 is 0 Å². The molecule has 0 fully saturated rings. The maximum Gasteiger partial charge on any atom is 0.245 e. The SMILES string of the molecule is CC.CNC(=O)COCCOCCOCCOCCOCCOC. The summed E-state index contributed by atoms with van der Waals surface area (Å²) < 4.78 is 31.1. The van der Waals surface area contributed by atoms with Crippen molar-refractivity contribution in [1.29, 1.82) is 0 Å². The Bertz CT molecular complexity index is 242. The Balaban J connectivity index is 0. The van der Waals surface area contributed by atoms with Crippen LogP contribution in [0.5, 0.6) is 0 Å². The number of carbonyl (C=O) groups is 1. The Hall–Kier alpha value is -0.770. The summed E-state index contributed by atoms with van der Waals surface area (Å²) in [6.07, 6.45) is 0. The second kappa shape index (κ2) is 24.5. The zero-order valence-corrected chi connectivity index (χ0v) is 15.6. The van der Waals surface area contributed by atoms with Crippen molar-refractivity contribution in [2.75, 3.05) is 86.8 Å². The van der Waals surface area contributed by atoms with E-state index in [0.29, 0.717) is 66.1 Å². The minimum atomic E-state index is -0.146. The van der Waals surface area contributed by atoms with Crippen LogP contribution in [0.1, 0.15) is 13.8 Å². The molecule has 0 aliphatic carbocycles. The third-order valence-corrected chi connectivity index (χ3v) is 2.43. The lowest BCUT2D eigenvalue weighted by molar-refractivity contribution is -0.125. The molecule has 0 aromatic carbocycles. The molecule has 0 atom stereocenters. The van der Waals surface area contributed by atoms with Crippen LogP contribution in [-0.2, 0) is 33.2 Å². The number of likely N-dealkylation sites (N-methyl/N-ethyl adjacent to an activating group) is 1. The minimum absolute atomic E-state index is 0.0584. The molecule has 0 saturated heterocycles. The number of amides is 1. The first-order chi connectivity index (χ1) is 11.8. The van der Waals surface area contributed by atoms with Crippen molar-refractivity contribution in [3.8, 4) is 0 Å². The van der Waals surface area contributed by atoms with E-state index in [4.69, 9.17) is 28.4 Å². The van der Waals surface area contributed by atoms with Crippen LogP contribution in [-0.4, -0.2) is 92.7 Å². The van der Waals surface area contributed by atoms with Crippen LogP contribution in [0.2, 0.25) is 0 Å². The number of nitrogens with one attached hydrogen (secondary N) is 1. The van der Waals surface area contributed by atoms with Crippen molar-refractivity contribution in [2.24, 2.45) is 0 Å². The van der Waals surface area contributed by atoms with Gasteiger partial charge in [-0.1, -0.05) is 13.8 Å². The maximum atomic E-state index is 10.8. The molecular weight excluding hydrogens is 318 g/mol.